The van der Waals surface area contributed by atoms with Crippen molar-refractivity contribution in [2.45, 2.75) is 0 Å². The van der Waals surface area contributed by atoms with Crippen molar-refractivity contribution in [2.24, 2.45) is 0 Å². The van der Waals surface area contributed by atoms with E-state index < -0.39 is 17.5 Å². The van der Waals surface area contributed by atoms with Gasteiger partial charge in [-0.15, -0.1) is 0 Å². The first-order valence-electron chi connectivity index (χ1n) is 5.95. The summed E-state index contributed by atoms with van der Waals surface area (Å²) in [5, 5.41) is 0. The molecule has 1 heterocycles. The number of imidazole rings is 1. The fourth-order valence-corrected chi connectivity index (χ4v) is 2.48. The van der Waals surface area contributed by atoms with Crippen molar-refractivity contribution in [1.82, 2.24) is 9.55 Å². The van der Waals surface area contributed by atoms with Gasteiger partial charge in [0.1, 0.15) is 0 Å². The molecule has 7 heteroatoms. The molecular formula is C14H9F3N2OS. The molecule has 21 heavy (non-hydrogen) atoms. The van der Waals surface area contributed by atoms with Gasteiger partial charge in [-0.2, -0.15) is 0 Å². The van der Waals surface area contributed by atoms with Gasteiger partial charge in [-0.05, 0) is 24.4 Å². The Morgan fingerprint density at radius 3 is 2.62 bits per heavy atom. The second kappa shape index (κ2) is 4.92. The summed E-state index contributed by atoms with van der Waals surface area (Å²) < 4.78 is 47.4. The fourth-order valence-electron chi connectivity index (χ4n) is 2.17. The van der Waals surface area contributed by atoms with Crippen LogP contribution in [0.3, 0.4) is 0 Å². The summed E-state index contributed by atoms with van der Waals surface area (Å²) in [6.07, 6.45) is 0. The van der Waals surface area contributed by atoms with E-state index in [1.165, 1.54) is 35.9 Å². The van der Waals surface area contributed by atoms with Gasteiger partial charge in [0, 0.05) is 12.1 Å². The summed E-state index contributed by atoms with van der Waals surface area (Å²) in [7, 11) is 1.32. The van der Waals surface area contributed by atoms with E-state index >= 15 is 0 Å². The van der Waals surface area contributed by atoms with E-state index in [-0.39, 0.29) is 16.2 Å². The van der Waals surface area contributed by atoms with E-state index in [4.69, 9.17) is 17.0 Å². The number of H-pyrrole nitrogens is 1. The predicted octanol–water partition coefficient (Wildman–Crippen LogP) is 4.11. The molecule has 0 amide bonds. The number of nitrogens with one attached hydrogen (secondary N) is 1. The van der Waals surface area contributed by atoms with Crippen LogP contribution in [-0.4, -0.2) is 16.7 Å². The van der Waals surface area contributed by atoms with E-state index in [9.17, 15) is 13.2 Å². The third kappa shape index (κ3) is 2.09. The molecule has 0 aliphatic rings. The second-order valence-corrected chi connectivity index (χ2v) is 4.73. The molecular weight excluding hydrogens is 301 g/mol. The van der Waals surface area contributed by atoms with Crippen molar-refractivity contribution in [1.29, 1.82) is 0 Å². The molecule has 0 spiro atoms. The molecule has 0 saturated carbocycles. The van der Waals surface area contributed by atoms with Crippen LogP contribution in [0.25, 0.3) is 16.7 Å². The fraction of sp³-hybridized carbons (Fsp3) is 0.0714. The smallest absolute Gasteiger partial charge is 0.182 e. The molecule has 3 aromatic rings. The SMILES string of the molecule is COc1cc2c(cc1F)[nH]c(=S)n2-c1cccc(F)c1F. The van der Waals surface area contributed by atoms with Gasteiger partial charge in [0.15, 0.2) is 28.0 Å². The van der Waals surface area contributed by atoms with Crippen LogP contribution >= 0.6 is 12.2 Å². The van der Waals surface area contributed by atoms with Gasteiger partial charge in [-0.1, -0.05) is 6.07 Å². The Morgan fingerprint density at radius 1 is 1.14 bits per heavy atom. The van der Waals surface area contributed by atoms with Crippen molar-refractivity contribution in [2.75, 3.05) is 7.11 Å². The van der Waals surface area contributed by atoms with E-state index in [1.807, 2.05) is 0 Å². The van der Waals surface area contributed by atoms with Crippen LogP contribution in [0.2, 0.25) is 0 Å². The number of hydrogen-bond donors (Lipinski definition) is 1. The van der Waals surface area contributed by atoms with E-state index in [1.54, 1.807) is 0 Å². The van der Waals surface area contributed by atoms with Crippen molar-refractivity contribution >= 4 is 23.3 Å². The number of fused-ring (bicyclic) bond motifs is 1. The highest BCUT2D eigenvalue weighted by molar-refractivity contribution is 7.71. The van der Waals surface area contributed by atoms with E-state index in [0.717, 1.165) is 6.07 Å². The predicted molar refractivity (Wildman–Crippen MR) is 74.9 cm³/mol. The summed E-state index contributed by atoms with van der Waals surface area (Å²) in [5.41, 5.74) is 0.699. The maximum absolute atomic E-state index is 14.0. The monoisotopic (exact) mass is 310 g/mol. The maximum Gasteiger partial charge on any atom is 0.182 e. The number of ether oxygens (including phenoxy) is 1. The van der Waals surface area contributed by atoms with Crippen LogP contribution < -0.4 is 4.74 Å². The molecule has 108 valence electrons. The number of methoxy groups -OCH3 is 1. The number of benzene rings is 2. The Balaban J connectivity index is 2.39. The zero-order chi connectivity index (χ0) is 15.1. The molecule has 1 aromatic heterocycles. The summed E-state index contributed by atoms with van der Waals surface area (Å²) in [5.74, 6) is -2.61. The Hall–Kier alpha value is -2.28. The summed E-state index contributed by atoms with van der Waals surface area (Å²) in [4.78, 5) is 2.76. The standard InChI is InChI=1S/C14H9F3N2OS/c1-20-12-6-11-9(5-8(12)16)18-14(21)19(11)10-4-2-3-7(15)13(10)17/h2-6H,1H3,(H,18,21). The third-order valence-corrected chi connectivity index (χ3v) is 3.41. The van der Waals surface area contributed by atoms with Gasteiger partial charge in [0.05, 0.1) is 23.8 Å². The summed E-state index contributed by atoms with van der Waals surface area (Å²) in [6, 6.07) is 6.34. The third-order valence-electron chi connectivity index (χ3n) is 3.13. The van der Waals surface area contributed by atoms with Crippen molar-refractivity contribution < 1.29 is 17.9 Å². The number of aromatic nitrogens is 2. The van der Waals surface area contributed by atoms with Gasteiger partial charge in [0.25, 0.3) is 0 Å². The summed E-state index contributed by atoms with van der Waals surface area (Å²) in [6.45, 7) is 0. The Labute approximate surface area is 122 Å². The van der Waals surface area contributed by atoms with Gasteiger partial charge >= 0.3 is 0 Å². The highest BCUT2D eigenvalue weighted by atomic mass is 32.1. The minimum atomic E-state index is -1.03. The van der Waals surface area contributed by atoms with Gasteiger partial charge in [-0.25, -0.2) is 13.2 Å². The molecule has 3 rings (SSSR count). The quantitative estimate of drug-likeness (QED) is 0.722. The molecule has 1 N–H and O–H groups in total. The zero-order valence-corrected chi connectivity index (χ0v) is 11.6. The normalized spacial score (nSPS) is 11.0. The minimum absolute atomic E-state index is 0.0120. The Bertz CT molecular complexity index is 901. The molecule has 0 unspecified atom stereocenters. The largest absolute Gasteiger partial charge is 0.494 e. The Kier molecular flexibility index (Phi) is 3.21. The van der Waals surface area contributed by atoms with Crippen LogP contribution in [0, 0.1) is 22.2 Å². The molecule has 0 fully saturated rings. The zero-order valence-electron chi connectivity index (χ0n) is 10.8. The highest BCUT2D eigenvalue weighted by Gasteiger charge is 2.16. The lowest BCUT2D eigenvalue weighted by Gasteiger charge is -2.08. The van der Waals surface area contributed by atoms with Crippen molar-refractivity contribution in [3.05, 3.63) is 52.6 Å². The lowest BCUT2D eigenvalue weighted by Crippen LogP contribution is -2.00. The topological polar surface area (TPSA) is 29.9 Å². The first-order valence-corrected chi connectivity index (χ1v) is 6.36. The van der Waals surface area contributed by atoms with Crippen LogP contribution in [0.4, 0.5) is 13.2 Å². The molecule has 0 aliphatic heterocycles. The van der Waals surface area contributed by atoms with Crippen LogP contribution in [0.15, 0.2) is 30.3 Å². The number of rotatable bonds is 2. The average molecular weight is 310 g/mol. The number of halogens is 3. The molecule has 0 atom stereocenters. The van der Waals surface area contributed by atoms with E-state index in [2.05, 4.69) is 4.98 Å². The van der Waals surface area contributed by atoms with Crippen LogP contribution in [-0.2, 0) is 0 Å². The first-order chi connectivity index (χ1) is 10.0. The molecule has 0 saturated heterocycles. The lowest BCUT2D eigenvalue weighted by atomic mass is 10.2. The van der Waals surface area contributed by atoms with Crippen molar-refractivity contribution in [3.63, 3.8) is 0 Å². The number of aromatic amines is 1. The molecule has 2 aromatic carbocycles. The molecule has 0 aliphatic carbocycles. The van der Waals surface area contributed by atoms with E-state index in [0.29, 0.717) is 11.0 Å². The van der Waals surface area contributed by atoms with Crippen molar-refractivity contribution in [3.8, 4) is 11.4 Å². The van der Waals surface area contributed by atoms with Gasteiger partial charge in [0.2, 0.25) is 0 Å². The van der Waals surface area contributed by atoms with Gasteiger partial charge < -0.3 is 9.72 Å². The number of nitrogens with zero attached hydrogens (tertiary/aromatic N) is 1. The maximum atomic E-state index is 14.0. The second-order valence-electron chi connectivity index (χ2n) is 4.34. The molecule has 3 nitrogen and oxygen atoms in total. The summed E-state index contributed by atoms with van der Waals surface area (Å²) >= 11 is 5.12. The highest BCUT2D eigenvalue weighted by Crippen LogP contribution is 2.28. The van der Waals surface area contributed by atoms with Crippen LogP contribution in [0.5, 0.6) is 5.75 Å². The van der Waals surface area contributed by atoms with Crippen LogP contribution in [0.1, 0.15) is 0 Å². The number of hydrogen-bond acceptors (Lipinski definition) is 2. The molecule has 0 radical (unpaired) electrons. The lowest BCUT2D eigenvalue weighted by molar-refractivity contribution is 0.387. The first kappa shape index (κ1) is 13.7. The minimum Gasteiger partial charge on any atom is -0.494 e. The average Bonchev–Trinajstić information content (AvgIpc) is 2.76. The van der Waals surface area contributed by atoms with Gasteiger partial charge in [-0.3, -0.25) is 4.57 Å². The molecule has 0 bridgehead atoms. The Morgan fingerprint density at radius 2 is 1.90 bits per heavy atom.